The smallest absolute Gasteiger partial charge is 0.332 e. The summed E-state index contributed by atoms with van der Waals surface area (Å²) in [5, 5.41) is 3.57. The molecule has 0 aliphatic rings. The van der Waals surface area contributed by atoms with Crippen LogP contribution in [0.2, 0.25) is 0 Å². The minimum absolute atomic E-state index is 0.154. The molecule has 0 rings (SSSR count). The van der Waals surface area contributed by atoms with Crippen LogP contribution in [0.1, 0.15) is 0 Å². The summed E-state index contributed by atoms with van der Waals surface area (Å²) >= 11 is 0. The zero-order valence-electron chi connectivity index (χ0n) is 6.55. The van der Waals surface area contributed by atoms with Crippen LogP contribution in [-0.4, -0.2) is 38.0 Å². The predicted octanol–water partition coefficient (Wildman–Crippen LogP) is -1.53. The molecule has 6 nitrogen and oxygen atoms in total. The van der Waals surface area contributed by atoms with Crippen molar-refractivity contribution in [2.75, 3.05) is 20.6 Å². The van der Waals surface area contributed by atoms with Crippen molar-refractivity contribution in [1.82, 2.24) is 21.3 Å². The first-order chi connectivity index (χ1) is 5.22. The van der Waals surface area contributed by atoms with Gasteiger partial charge in [0.05, 0.1) is 6.54 Å². The van der Waals surface area contributed by atoms with Gasteiger partial charge in [-0.3, -0.25) is 0 Å². The first-order valence-corrected chi connectivity index (χ1v) is 3.10. The van der Waals surface area contributed by atoms with E-state index >= 15 is 0 Å². The van der Waals surface area contributed by atoms with Crippen molar-refractivity contribution in [1.29, 1.82) is 0 Å². The van der Waals surface area contributed by atoms with Crippen molar-refractivity contribution < 1.29 is 9.59 Å². The van der Waals surface area contributed by atoms with Gasteiger partial charge in [-0.2, -0.15) is 5.53 Å². The zero-order chi connectivity index (χ0) is 8.69. The molecule has 0 heterocycles. The summed E-state index contributed by atoms with van der Waals surface area (Å²) < 4.78 is 0. The molecule has 0 radical (unpaired) electrons. The van der Waals surface area contributed by atoms with Crippen LogP contribution in [0.3, 0.4) is 0 Å². The van der Waals surface area contributed by atoms with Gasteiger partial charge in [0.1, 0.15) is 6.29 Å². The van der Waals surface area contributed by atoms with Crippen molar-refractivity contribution >= 4 is 12.3 Å². The van der Waals surface area contributed by atoms with Crippen LogP contribution in [0, 0.1) is 0 Å². The largest absolute Gasteiger partial charge is 0.340 e. The maximum atomic E-state index is 10.7. The van der Waals surface area contributed by atoms with Crippen molar-refractivity contribution in [2.45, 2.75) is 0 Å². The fourth-order valence-corrected chi connectivity index (χ4v) is 0.424. The van der Waals surface area contributed by atoms with E-state index < -0.39 is 0 Å². The van der Waals surface area contributed by atoms with E-state index in [9.17, 15) is 9.59 Å². The molecule has 2 amide bonds. The molecule has 6 heteroatoms. The second-order valence-corrected chi connectivity index (χ2v) is 1.77. The summed E-state index contributed by atoms with van der Waals surface area (Å²) in [7, 11) is 3.04. The van der Waals surface area contributed by atoms with E-state index in [2.05, 4.69) is 16.3 Å². The van der Waals surface area contributed by atoms with E-state index in [1.165, 1.54) is 19.1 Å². The highest BCUT2D eigenvalue weighted by Gasteiger charge is 2.02. The quantitative estimate of drug-likeness (QED) is 0.265. The second kappa shape index (κ2) is 5.63. The Morgan fingerprint density at radius 1 is 1.64 bits per heavy atom. The van der Waals surface area contributed by atoms with Crippen LogP contribution >= 0.6 is 0 Å². The molecule has 11 heavy (non-hydrogen) atoms. The van der Waals surface area contributed by atoms with Gasteiger partial charge in [0, 0.05) is 14.1 Å². The van der Waals surface area contributed by atoms with Crippen LogP contribution in [0.4, 0.5) is 4.79 Å². The van der Waals surface area contributed by atoms with E-state index in [1.807, 2.05) is 0 Å². The highest BCUT2D eigenvalue weighted by atomic mass is 16.2. The number of urea groups is 1. The topological polar surface area (TPSA) is 73.5 Å². The Labute approximate surface area is 64.9 Å². The fraction of sp³-hybridized carbons (Fsp3) is 0.600. The number of amides is 2. The standard InChI is InChI=1S/C5H12N4O2/c1-6-5(11)9(2)8-7-3-4-10/h4,7-8H,3H2,1-2H3,(H,6,11). The average molecular weight is 160 g/mol. The summed E-state index contributed by atoms with van der Waals surface area (Å²) in [4.78, 5) is 20.5. The Morgan fingerprint density at radius 2 is 2.27 bits per heavy atom. The molecule has 0 spiro atoms. The number of rotatable bonds is 4. The summed E-state index contributed by atoms with van der Waals surface area (Å²) in [6.07, 6.45) is 0.685. The molecule has 0 aromatic rings. The third-order valence-corrected chi connectivity index (χ3v) is 0.951. The van der Waals surface area contributed by atoms with E-state index in [-0.39, 0.29) is 12.6 Å². The molecule has 0 saturated carbocycles. The molecule has 0 aliphatic carbocycles. The van der Waals surface area contributed by atoms with Crippen molar-refractivity contribution in [3.63, 3.8) is 0 Å². The average Bonchev–Trinajstić information content (AvgIpc) is 2.03. The van der Waals surface area contributed by atoms with Gasteiger partial charge in [-0.05, 0) is 0 Å². The number of hydrazine groups is 2. The molecule has 0 atom stereocenters. The highest BCUT2D eigenvalue weighted by Crippen LogP contribution is 1.71. The van der Waals surface area contributed by atoms with Gasteiger partial charge in [-0.1, -0.05) is 0 Å². The van der Waals surface area contributed by atoms with Crippen LogP contribution in [0.25, 0.3) is 0 Å². The molecule has 0 aromatic heterocycles. The van der Waals surface area contributed by atoms with Gasteiger partial charge in [0.15, 0.2) is 0 Å². The van der Waals surface area contributed by atoms with Gasteiger partial charge in [0.2, 0.25) is 0 Å². The molecule has 0 bridgehead atoms. The molecule has 0 fully saturated rings. The van der Waals surface area contributed by atoms with Gasteiger partial charge < -0.3 is 10.1 Å². The summed E-state index contributed by atoms with van der Waals surface area (Å²) in [5.41, 5.74) is 4.97. The lowest BCUT2D eigenvalue weighted by Gasteiger charge is -2.16. The lowest BCUT2D eigenvalue weighted by Crippen LogP contribution is -2.51. The van der Waals surface area contributed by atoms with Gasteiger partial charge in [-0.25, -0.2) is 15.2 Å². The Bertz CT molecular complexity index is 138. The first kappa shape index (κ1) is 9.86. The Kier molecular flexibility index (Phi) is 5.05. The number of hydrogen-bond acceptors (Lipinski definition) is 4. The molecular weight excluding hydrogens is 148 g/mol. The predicted molar refractivity (Wildman–Crippen MR) is 39.4 cm³/mol. The number of carbonyl (C=O) groups excluding carboxylic acids is 2. The molecule has 3 N–H and O–H groups in total. The Balaban J connectivity index is 3.43. The molecule has 0 unspecified atom stereocenters. The van der Waals surface area contributed by atoms with E-state index in [0.29, 0.717) is 6.29 Å². The number of nitrogens with zero attached hydrogens (tertiary/aromatic N) is 1. The van der Waals surface area contributed by atoms with Crippen LogP contribution in [-0.2, 0) is 4.79 Å². The zero-order valence-corrected chi connectivity index (χ0v) is 6.55. The maximum absolute atomic E-state index is 10.7. The molecule has 0 aromatic carbocycles. The molecular formula is C5H12N4O2. The molecule has 0 aliphatic heterocycles. The molecule has 64 valence electrons. The monoisotopic (exact) mass is 160 g/mol. The summed E-state index contributed by atoms with van der Waals surface area (Å²) in [6, 6.07) is -0.289. The third kappa shape index (κ3) is 4.29. The van der Waals surface area contributed by atoms with Gasteiger partial charge in [0.25, 0.3) is 0 Å². The lowest BCUT2D eigenvalue weighted by atomic mass is 10.8. The number of hydrogen-bond donors (Lipinski definition) is 3. The van der Waals surface area contributed by atoms with E-state index in [0.717, 1.165) is 0 Å². The van der Waals surface area contributed by atoms with Crippen molar-refractivity contribution in [2.24, 2.45) is 0 Å². The van der Waals surface area contributed by atoms with Gasteiger partial charge in [-0.15, -0.1) is 0 Å². The fourth-order valence-electron chi connectivity index (χ4n) is 0.424. The van der Waals surface area contributed by atoms with Crippen molar-refractivity contribution in [3.8, 4) is 0 Å². The number of aldehydes is 1. The first-order valence-electron chi connectivity index (χ1n) is 3.10. The van der Waals surface area contributed by atoms with Crippen molar-refractivity contribution in [3.05, 3.63) is 0 Å². The lowest BCUT2D eigenvalue weighted by molar-refractivity contribution is -0.107. The van der Waals surface area contributed by atoms with Crippen LogP contribution in [0.15, 0.2) is 0 Å². The second-order valence-electron chi connectivity index (χ2n) is 1.77. The Morgan fingerprint density at radius 3 is 2.73 bits per heavy atom. The van der Waals surface area contributed by atoms with Gasteiger partial charge >= 0.3 is 6.03 Å². The summed E-state index contributed by atoms with van der Waals surface area (Å²) in [6.45, 7) is 0.154. The van der Waals surface area contributed by atoms with E-state index in [1.54, 1.807) is 0 Å². The number of nitrogens with one attached hydrogen (secondary N) is 3. The Hall–Kier alpha value is -1.14. The highest BCUT2D eigenvalue weighted by molar-refractivity contribution is 5.72. The third-order valence-electron chi connectivity index (χ3n) is 0.951. The van der Waals surface area contributed by atoms with Crippen LogP contribution in [0.5, 0.6) is 0 Å². The summed E-state index contributed by atoms with van der Waals surface area (Å²) in [5.74, 6) is 0. The normalized spacial score (nSPS) is 8.91. The SMILES string of the molecule is CNC(=O)N(C)NNCC=O. The minimum Gasteiger partial charge on any atom is -0.340 e. The molecule has 0 saturated heterocycles. The minimum atomic E-state index is -0.289. The maximum Gasteiger partial charge on any atom is 0.332 e. The van der Waals surface area contributed by atoms with E-state index in [4.69, 9.17) is 0 Å². The number of carbonyl (C=O) groups is 2. The van der Waals surface area contributed by atoms with Crippen LogP contribution < -0.4 is 16.3 Å².